The van der Waals surface area contributed by atoms with Gasteiger partial charge in [0.25, 0.3) is 0 Å². The van der Waals surface area contributed by atoms with E-state index in [0.717, 1.165) is 16.8 Å². The Morgan fingerprint density at radius 2 is 1.30 bits per heavy atom. The minimum atomic E-state index is -0.0573. The number of ketones is 1. The number of Topliss-reactive ketones (excluding diaryl/α,β-unsaturated/α-hetero) is 1. The summed E-state index contributed by atoms with van der Waals surface area (Å²) >= 11 is 0. The normalized spacial score (nSPS) is 11.3. The van der Waals surface area contributed by atoms with Gasteiger partial charge in [-0.05, 0) is 24.6 Å². The van der Waals surface area contributed by atoms with Crippen LogP contribution in [0.3, 0.4) is 0 Å². The summed E-state index contributed by atoms with van der Waals surface area (Å²) in [5, 5.41) is 0. The van der Waals surface area contributed by atoms with Gasteiger partial charge in [-0.25, -0.2) is 4.99 Å². The fourth-order valence-corrected chi connectivity index (χ4v) is 2.43. The van der Waals surface area contributed by atoms with E-state index in [4.69, 9.17) is 0 Å². The lowest BCUT2D eigenvalue weighted by Gasteiger charge is -2.09. The van der Waals surface area contributed by atoms with Crippen molar-refractivity contribution in [1.29, 1.82) is 0 Å². The maximum Gasteiger partial charge on any atom is 0.212 e. The van der Waals surface area contributed by atoms with E-state index in [-0.39, 0.29) is 5.78 Å². The number of rotatable bonds is 4. The van der Waals surface area contributed by atoms with Crippen LogP contribution in [0.15, 0.2) is 89.9 Å². The molecule has 3 aromatic rings. The molecule has 0 aliphatic rings. The van der Waals surface area contributed by atoms with Crippen LogP contribution in [0.25, 0.3) is 0 Å². The number of hydrogen-bond acceptors (Lipinski definition) is 2. The van der Waals surface area contributed by atoms with Crippen molar-refractivity contribution in [2.45, 2.75) is 6.92 Å². The van der Waals surface area contributed by atoms with Crippen LogP contribution in [0.4, 0.5) is 5.69 Å². The quantitative estimate of drug-likeness (QED) is 0.492. The van der Waals surface area contributed by atoms with Gasteiger partial charge in [0.15, 0.2) is 0 Å². The van der Waals surface area contributed by atoms with Crippen molar-refractivity contribution in [2.75, 3.05) is 0 Å². The summed E-state index contributed by atoms with van der Waals surface area (Å²) in [7, 11) is 0. The number of hydrogen-bond donors (Lipinski definition) is 0. The molecule has 0 fully saturated rings. The largest absolute Gasteiger partial charge is 0.287 e. The topological polar surface area (TPSA) is 29.4 Å². The van der Waals surface area contributed by atoms with Crippen LogP contribution in [-0.2, 0) is 0 Å². The Morgan fingerprint density at radius 1 is 0.739 bits per heavy atom. The first-order valence-corrected chi connectivity index (χ1v) is 7.55. The molecule has 2 heteroatoms. The first-order valence-electron chi connectivity index (χ1n) is 7.55. The number of aryl methyl sites for hydroxylation is 1. The van der Waals surface area contributed by atoms with E-state index in [1.165, 1.54) is 0 Å². The number of nitrogens with zero attached hydrogens (tertiary/aromatic N) is 1. The second-order valence-electron chi connectivity index (χ2n) is 5.31. The Labute approximate surface area is 136 Å². The van der Waals surface area contributed by atoms with E-state index in [2.05, 4.69) is 4.99 Å². The summed E-state index contributed by atoms with van der Waals surface area (Å²) in [6, 6.07) is 26.8. The van der Waals surface area contributed by atoms with Crippen molar-refractivity contribution >= 4 is 17.2 Å². The molecule has 3 rings (SSSR count). The summed E-state index contributed by atoms with van der Waals surface area (Å²) in [5.41, 5.74) is 3.70. The third kappa shape index (κ3) is 3.43. The molecule has 2 nitrogen and oxygen atoms in total. The second kappa shape index (κ2) is 6.84. The number of benzene rings is 3. The molecule has 23 heavy (non-hydrogen) atoms. The Bertz CT molecular complexity index is 836. The Morgan fingerprint density at radius 3 is 1.96 bits per heavy atom. The van der Waals surface area contributed by atoms with Crippen molar-refractivity contribution in [3.05, 3.63) is 102 Å². The van der Waals surface area contributed by atoms with E-state index in [9.17, 15) is 4.79 Å². The SMILES string of the molecule is Cc1ccccc1C(=O)C(=Nc1ccccc1)c1ccccc1. The zero-order chi connectivity index (χ0) is 16.1. The van der Waals surface area contributed by atoms with Crippen LogP contribution >= 0.6 is 0 Å². The van der Waals surface area contributed by atoms with Gasteiger partial charge in [-0.15, -0.1) is 0 Å². The molecule has 0 aromatic heterocycles. The standard InChI is InChI=1S/C21H17NO/c1-16-10-8-9-15-19(16)21(23)20(17-11-4-2-5-12-17)22-18-13-6-3-7-14-18/h2-15H,1H3. The molecule has 0 unspecified atom stereocenters. The van der Waals surface area contributed by atoms with E-state index < -0.39 is 0 Å². The Balaban J connectivity index is 2.11. The highest BCUT2D eigenvalue weighted by Gasteiger charge is 2.17. The molecule has 0 saturated heterocycles. The molecule has 0 atom stereocenters. The summed E-state index contributed by atoms with van der Waals surface area (Å²) in [6.45, 7) is 1.94. The van der Waals surface area contributed by atoms with Crippen LogP contribution in [0.2, 0.25) is 0 Å². The van der Waals surface area contributed by atoms with Crippen LogP contribution in [0, 0.1) is 6.92 Å². The predicted molar refractivity (Wildman–Crippen MR) is 94.6 cm³/mol. The summed E-state index contributed by atoms with van der Waals surface area (Å²) < 4.78 is 0. The van der Waals surface area contributed by atoms with Crippen LogP contribution in [-0.4, -0.2) is 11.5 Å². The van der Waals surface area contributed by atoms with Gasteiger partial charge in [0, 0.05) is 11.1 Å². The summed E-state index contributed by atoms with van der Waals surface area (Å²) in [4.78, 5) is 17.7. The van der Waals surface area contributed by atoms with Gasteiger partial charge in [-0.2, -0.15) is 0 Å². The summed E-state index contributed by atoms with van der Waals surface area (Å²) in [6.07, 6.45) is 0. The first-order chi connectivity index (χ1) is 11.3. The van der Waals surface area contributed by atoms with E-state index in [1.807, 2.05) is 91.9 Å². The lowest BCUT2D eigenvalue weighted by molar-refractivity contribution is 0.106. The minimum absolute atomic E-state index is 0.0573. The molecule has 0 spiro atoms. The average Bonchev–Trinajstić information content (AvgIpc) is 2.61. The molecular weight excluding hydrogens is 282 g/mol. The molecule has 0 N–H and O–H groups in total. The van der Waals surface area contributed by atoms with Gasteiger partial charge in [-0.1, -0.05) is 72.8 Å². The molecule has 0 radical (unpaired) electrons. The Kier molecular flexibility index (Phi) is 4.44. The van der Waals surface area contributed by atoms with Crippen molar-refractivity contribution in [3.8, 4) is 0 Å². The van der Waals surface area contributed by atoms with E-state index in [0.29, 0.717) is 11.3 Å². The molecule has 0 heterocycles. The third-order valence-electron chi connectivity index (χ3n) is 3.65. The van der Waals surface area contributed by atoms with E-state index in [1.54, 1.807) is 0 Å². The number of aliphatic imine (C=N–C) groups is 1. The monoisotopic (exact) mass is 299 g/mol. The zero-order valence-corrected chi connectivity index (χ0v) is 12.9. The molecule has 112 valence electrons. The van der Waals surface area contributed by atoms with Crippen LogP contribution < -0.4 is 0 Å². The molecular formula is C21H17NO. The number of carbonyl (C=O) groups excluding carboxylic acids is 1. The van der Waals surface area contributed by atoms with Crippen LogP contribution in [0.1, 0.15) is 21.5 Å². The third-order valence-corrected chi connectivity index (χ3v) is 3.65. The highest BCUT2D eigenvalue weighted by molar-refractivity contribution is 6.52. The van der Waals surface area contributed by atoms with Crippen molar-refractivity contribution in [3.63, 3.8) is 0 Å². The fraction of sp³-hybridized carbons (Fsp3) is 0.0476. The maximum atomic E-state index is 13.0. The highest BCUT2D eigenvalue weighted by atomic mass is 16.1. The lowest BCUT2D eigenvalue weighted by Crippen LogP contribution is -2.16. The predicted octanol–water partition coefficient (Wildman–Crippen LogP) is 5.00. The van der Waals surface area contributed by atoms with Gasteiger partial charge in [0.2, 0.25) is 5.78 Å². The van der Waals surface area contributed by atoms with Crippen LogP contribution in [0.5, 0.6) is 0 Å². The van der Waals surface area contributed by atoms with Gasteiger partial charge in [-0.3, -0.25) is 4.79 Å². The van der Waals surface area contributed by atoms with Crippen molar-refractivity contribution < 1.29 is 4.79 Å². The highest BCUT2D eigenvalue weighted by Crippen LogP contribution is 2.17. The number of carbonyl (C=O) groups is 1. The molecule has 0 aliphatic heterocycles. The van der Waals surface area contributed by atoms with Crippen molar-refractivity contribution in [1.82, 2.24) is 0 Å². The fourth-order valence-electron chi connectivity index (χ4n) is 2.43. The molecule has 0 saturated carbocycles. The minimum Gasteiger partial charge on any atom is -0.287 e. The Hall–Kier alpha value is -3.00. The average molecular weight is 299 g/mol. The van der Waals surface area contributed by atoms with E-state index >= 15 is 0 Å². The number of para-hydroxylation sites is 1. The molecule has 0 aliphatic carbocycles. The van der Waals surface area contributed by atoms with Gasteiger partial charge in [0.1, 0.15) is 5.71 Å². The molecule has 0 amide bonds. The lowest BCUT2D eigenvalue weighted by atomic mass is 9.97. The van der Waals surface area contributed by atoms with Crippen molar-refractivity contribution in [2.24, 2.45) is 4.99 Å². The smallest absolute Gasteiger partial charge is 0.212 e. The van der Waals surface area contributed by atoms with Gasteiger partial charge in [0.05, 0.1) is 5.69 Å². The van der Waals surface area contributed by atoms with Gasteiger partial charge >= 0.3 is 0 Å². The second-order valence-corrected chi connectivity index (χ2v) is 5.31. The zero-order valence-electron chi connectivity index (χ0n) is 12.9. The van der Waals surface area contributed by atoms with Gasteiger partial charge < -0.3 is 0 Å². The molecule has 3 aromatic carbocycles. The first kappa shape index (κ1) is 14.9. The summed E-state index contributed by atoms with van der Waals surface area (Å²) in [5.74, 6) is -0.0573. The maximum absolute atomic E-state index is 13.0. The molecule has 0 bridgehead atoms.